The highest BCUT2D eigenvalue weighted by atomic mass is 19.3. The Morgan fingerprint density at radius 1 is 1.15 bits per heavy atom. The van der Waals surface area contributed by atoms with Crippen molar-refractivity contribution in [3.63, 3.8) is 0 Å². The summed E-state index contributed by atoms with van der Waals surface area (Å²) in [4.78, 5) is 14.8. The topological polar surface area (TPSA) is 38.8 Å². The second-order valence-corrected chi connectivity index (χ2v) is 6.50. The van der Waals surface area contributed by atoms with E-state index in [0.29, 0.717) is 25.3 Å². The summed E-state index contributed by atoms with van der Waals surface area (Å²) in [6.07, 6.45) is 1.93. The maximum absolute atomic E-state index is 12.9. The van der Waals surface area contributed by atoms with Gasteiger partial charge in [0.1, 0.15) is 5.75 Å². The van der Waals surface area contributed by atoms with Gasteiger partial charge in [-0.15, -0.1) is 0 Å². The summed E-state index contributed by atoms with van der Waals surface area (Å²) in [5.41, 5.74) is 2.41. The molecule has 0 bridgehead atoms. The molecule has 1 atom stereocenters. The van der Waals surface area contributed by atoms with Crippen LogP contribution < -0.4 is 4.74 Å². The van der Waals surface area contributed by atoms with Crippen molar-refractivity contribution in [3.8, 4) is 16.9 Å². The average molecular weight is 375 g/mol. The van der Waals surface area contributed by atoms with Gasteiger partial charge in [0, 0.05) is 12.1 Å². The van der Waals surface area contributed by atoms with Crippen LogP contribution in [0.5, 0.6) is 5.75 Å². The number of benzene rings is 2. The van der Waals surface area contributed by atoms with E-state index in [1.54, 1.807) is 24.3 Å². The van der Waals surface area contributed by atoms with E-state index in [2.05, 4.69) is 11.7 Å². The fraction of sp³-hybridized carbons (Fsp3) is 0.381. The van der Waals surface area contributed by atoms with Crippen molar-refractivity contribution in [2.75, 3.05) is 19.8 Å². The van der Waals surface area contributed by atoms with Crippen molar-refractivity contribution in [2.45, 2.75) is 32.4 Å². The second-order valence-electron chi connectivity index (χ2n) is 6.50. The zero-order valence-corrected chi connectivity index (χ0v) is 15.2. The lowest BCUT2D eigenvalue weighted by Gasteiger charge is -2.35. The molecule has 0 unspecified atom stereocenters. The number of hydrogen-bond donors (Lipinski definition) is 0. The van der Waals surface area contributed by atoms with Crippen LogP contribution in [0.4, 0.5) is 8.78 Å². The molecule has 0 saturated carbocycles. The van der Waals surface area contributed by atoms with E-state index < -0.39 is 6.61 Å². The third-order valence-electron chi connectivity index (χ3n) is 4.65. The smallest absolute Gasteiger partial charge is 0.387 e. The first-order valence-electron chi connectivity index (χ1n) is 9.12. The third kappa shape index (κ3) is 4.83. The molecule has 1 heterocycles. The summed E-state index contributed by atoms with van der Waals surface area (Å²) in [6, 6.07) is 13.9. The van der Waals surface area contributed by atoms with Crippen molar-refractivity contribution in [1.82, 2.24) is 4.90 Å². The number of halogens is 2. The number of ether oxygens (including phenoxy) is 2. The van der Waals surface area contributed by atoms with Crippen molar-refractivity contribution in [3.05, 3.63) is 54.1 Å². The van der Waals surface area contributed by atoms with Crippen LogP contribution in [0, 0.1) is 0 Å². The molecule has 144 valence electrons. The van der Waals surface area contributed by atoms with Gasteiger partial charge in [0.15, 0.2) is 0 Å². The van der Waals surface area contributed by atoms with Gasteiger partial charge in [-0.05, 0) is 41.8 Å². The van der Waals surface area contributed by atoms with E-state index >= 15 is 0 Å². The minimum atomic E-state index is -2.84. The third-order valence-corrected chi connectivity index (χ3v) is 4.65. The average Bonchev–Trinajstić information content (AvgIpc) is 2.68. The molecule has 1 saturated heterocycles. The summed E-state index contributed by atoms with van der Waals surface area (Å²) in [5.74, 6) is 0.138. The van der Waals surface area contributed by atoms with Gasteiger partial charge in [0.25, 0.3) is 5.91 Å². The zero-order valence-electron chi connectivity index (χ0n) is 15.2. The summed E-state index contributed by atoms with van der Waals surface area (Å²) < 4.78 is 34.3. The molecule has 0 N–H and O–H groups in total. The monoisotopic (exact) mass is 375 g/mol. The van der Waals surface area contributed by atoms with Crippen LogP contribution in [0.2, 0.25) is 0 Å². The fourth-order valence-electron chi connectivity index (χ4n) is 3.29. The number of amides is 1. The summed E-state index contributed by atoms with van der Waals surface area (Å²) in [7, 11) is 0. The number of rotatable bonds is 6. The van der Waals surface area contributed by atoms with E-state index in [9.17, 15) is 13.6 Å². The Labute approximate surface area is 157 Å². The number of hydrogen-bond acceptors (Lipinski definition) is 3. The minimum absolute atomic E-state index is 0.0176. The second kappa shape index (κ2) is 8.95. The van der Waals surface area contributed by atoms with Gasteiger partial charge < -0.3 is 14.4 Å². The van der Waals surface area contributed by atoms with Crippen LogP contribution >= 0.6 is 0 Å². The van der Waals surface area contributed by atoms with E-state index in [4.69, 9.17) is 4.74 Å². The molecule has 3 rings (SSSR count). The van der Waals surface area contributed by atoms with Gasteiger partial charge in [0.05, 0.1) is 19.3 Å². The predicted molar refractivity (Wildman–Crippen MR) is 99.1 cm³/mol. The highest BCUT2D eigenvalue weighted by molar-refractivity contribution is 5.95. The first-order chi connectivity index (χ1) is 13.1. The molecule has 2 aromatic rings. The van der Waals surface area contributed by atoms with E-state index in [-0.39, 0.29) is 17.7 Å². The van der Waals surface area contributed by atoms with Crippen LogP contribution in [0.1, 0.15) is 30.1 Å². The van der Waals surface area contributed by atoms with Crippen molar-refractivity contribution in [2.24, 2.45) is 0 Å². The molecule has 0 aliphatic carbocycles. The zero-order chi connectivity index (χ0) is 19.2. The van der Waals surface area contributed by atoms with Gasteiger partial charge in [-0.1, -0.05) is 37.6 Å². The molecule has 0 radical (unpaired) electrons. The number of alkyl halides is 2. The van der Waals surface area contributed by atoms with Crippen LogP contribution in [-0.2, 0) is 4.74 Å². The molecule has 1 amide bonds. The van der Waals surface area contributed by atoms with Crippen LogP contribution in [0.3, 0.4) is 0 Å². The maximum Gasteiger partial charge on any atom is 0.387 e. The molecule has 6 heteroatoms. The molecule has 27 heavy (non-hydrogen) atoms. The Hall–Kier alpha value is -2.47. The molecule has 0 aromatic heterocycles. The van der Waals surface area contributed by atoms with Gasteiger partial charge in [-0.3, -0.25) is 4.79 Å². The number of nitrogens with zero attached hydrogens (tertiary/aromatic N) is 1. The van der Waals surface area contributed by atoms with Crippen molar-refractivity contribution >= 4 is 5.91 Å². The van der Waals surface area contributed by atoms with Gasteiger partial charge in [-0.2, -0.15) is 8.78 Å². The first kappa shape index (κ1) is 19.3. The molecule has 1 fully saturated rings. The lowest BCUT2D eigenvalue weighted by molar-refractivity contribution is -0.0498. The summed E-state index contributed by atoms with van der Waals surface area (Å²) in [5, 5.41) is 0. The Morgan fingerprint density at radius 2 is 1.78 bits per heavy atom. The molecule has 1 aliphatic heterocycles. The normalized spacial score (nSPS) is 17.2. The molecule has 4 nitrogen and oxygen atoms in total. The Morgan fingerprint density at radius 3 is 2.37 bits per heavy atom. The Balaban J connectivity index is 1.71. The van der Waals surface area contributed by atoms with Crippen molar-refractivity contribution < 1.29 is 23.0 Å². The summed E-state index contributed by atoms with van der Waals surface area (Å²) >= 11 is 0. The molecule has 1 aliphatic rings. The summed E-state index contributed by atoms with van der Waals surface area (Å²) in [6.45, 7) is 1.03. The quantitative estimate of drug-likeness (QED) is 0.741. The van der Waals surface area contributed by atoms with Crippen LogP contribution in [0.25, 0.3) is 11.1 Å². The molecular formula is C21H23F2NO3. The lowest BCUT2D eigenvalue weighted by atomic mass is 10.0. The molecule has 0 spiro atoms. The minimum Gasteiger partial charge on any atom is -0.435 e. The van der Waals surface area contributed by atoms with Crippen LogP contribution in [-0.4, -0.2) is 43.2 Å². The Bertz CT molecular complexity index is 745. The Kier molecular flexibility index (Phi) is 6.40. The van der Waals surface area contributed by atoms with E-state index in [1.165, 1.54) is 12.1 Å². The standard InChI is InChI=1S/C21H23F2NO3/c1-2-3-18-14-26-13-12-24(18)20(25)17-6-4-15(5-7-17)16-8-10-19(11-9-16)27-21(22)23/h4-11,18,21H,2-3,12-14H2,1H3/t18-/m1/s1. The highest BCUT2D eigenvalue weighted by Crippen LogP contribution is 2.24. The molecular weight excluding hydrogens is 352 g/mol. The fourth-order valence-corrected chi connectivity index (χ4v) is 3.29. The molecule has 2 aromatic carbocycles. The number of carbonyl (C=O) groups excluding carboxylic acids is 1. The predicted octanol–water partition coefficient (Wildman–Crippen LogP) is 4.60. The van der Waals surface area contributed by atoms with Crippen LogP contribution in [0.15, 0.2) is 48.5 Å². The lowest BCUT2D eigenvalue weighted by Crippen LogP contribution is -2.48. The van der Waals surface area contributed by atoms with Gasteiger partial charge in [0.2, 0.25) is 0 Å². The number of morpholine rings is 1. The van der Waals surface area contributed by atoms with Gasteiger partial charge >= 0.3 is 6.61 Å². The van der Waals surface area contributed by atoms with E-state index in [0.717, 1.165) is 24.0 Å². The largest absolute Gasteiger partial charge is 0.435 e. The van der Waals surface area contributed by atoms with E-state index in [1.807, 2.05) is 17.0 Å². The first-order valence-corrected chi connectivity index (χ1v) is 9.12. The number of carbonyl (C=O) groups is 1. The SMILES string of the molecule is CCC[C@@H]1COCCN1C(=O)c1ccc(-c2ccc(OC(F)F)cc2)cc1. The maximum atomic E-state index is 12.9. The highest BCUT2D eigenvalue weighted by Gasteiger charge is 2.27. The van der Waals surface area contributed by atoms with Gasteiger partial charge in [-0.25, -0.2) is 0 Å². The van der Waals surface area contributed by atoms with Crippen molar-refractivity contribution in [1.29, 1.82) is 0 Å².